The SMILES string of the molecule is CC.CC.CC.CC.CC.CC.CC.CC.Cn1ccc2ccccc21.c1ccc2ccccc2c1.c1ccc2occc2c1.c1ccc2sccc2c1. The predicted octanol–water partition coefficient (Wildman–Crippen LogP) is 18.6. The molecule has 8 rings (SSSR count). The van der Waals surface area contributed by atoms with E-state index in [0.29, 0.717) is 0 Å². The van der Waals surface area contributed by atoms with Crippen LogP contribution in [0.2, 0.25) is 0 Å². The van der Waals surface area contributed by atoms with E-state index in [-0.39, 0.29) is 0 Å². The lowest BCUT2D eigenvalue weighted by molar-refractivity contribution is 0.616. The van der Waals surface area contributed by atoms with Crippen LogP contribution in [0, 0.1) is 0 Å². The Morgan fingerprint density at radius 2 is 0.759 bits per heavy atom. The third-order valence-corrected chi connectivity index (χ3v) is 7.07. The lowest BCUT2D eigenvalue weighted by Crippen LogP contribution is -1.81. The highest BCUT2D eigenvalue weighted by Gasteiger charge is 1.92. The zero-order valence-electron chi connectivity index (χ0n) is 37.3. The van der Waals surface area contributed by atoms with Gasteiger partial charge in [-0.15, -0.1) is 11.3 Å². The maximum absolute atomic E-state index is 5.12. The summed E-state index contributed by atoms with van der Waals surface area (Å²) >= 11 is 1.79. The van der Waals surface area contributed by atoms with Crippen molar-refractivity contribution in [2.24, 2.45) is 7.05 Å². The molecule has 0 aliphatic carbocycles. The lowest BCUT2D eigenvalue weighted by Gasteiger charge is -1.92. The first-order valence-electron chi connectivity index (χ1n) is 20.6. The fraction of sp³-hybridized carbons (Fsp3) is 0.333. The number of para-hydroxylation sites is 2. The number of aromatic nitrogens is 1. The molecule has 2 nitrogen and oxygen atoms in total. The summed E-state index contributed by atoms with van der Waals surface area (Å²) in [7, 11) is 2.06. The van der Waals surface area contributed by atoms with Gasteiger partial charge in [-0.05, 0) is 63.3 Å². The third-order valence-electron chi connectivity index (χ3n) is 6.18. The number of nitrogens with zero attached hydrogens (tertiary/aromatic N) is 1. The van der Waals surface area contributed by atoms with Crippen molar-refractivity contribution in [3.8, 4) is 0 Å². The summed E-state index contributed by atoms with van der Waals surface area (Å²) in [5.74, 6) is 0. The zero-order chi connectivity index (χ0) is 42.0. The van der Waals surface area contributed by atoms with Crippen molar-refractivity contribution in [1.29, 1.82) is 0 Å². The number of fused-ring (bicyclic) bond motifs is 4. The Bertz CT molecular complexity index is 1670. The molecule has 298 valence electrons. The van der Waals surface area contributed by atoms with E-state index in [9.17, 15) is 0 Å². The first-order valence-corrected chi connectivity index (χ1v) is 21.4. The first kappa shape index (κ1) is 56.1. The van der Waals surface area contributed by atoms with Gasteiger partial charge in [-0.1, -0.05) is 214 Å². The predicted molar refractivity (Wildman–Crippen MR) is 256 cm³/mol. The highest BCUT2D eigenvalue weighted by Crippen LogP contribution is 2.19. The lowest BCUT2D eigenvalue weighted by atomic mass is 10.1. The maximum atomic E-state index is 5.12. The number of rotatable bonds is 0. The Kier molecular flexibility index (Phi) is 44.5. The van der Waals surface area contributed by atoms with Crippen molar-refractivity contribution in [3.05, 3.63) is 157 Å². The number of thiophene rings is 1. The molecule has 0 saturated heterocycles. The van der Waals surface area contributed by atoms with Crippen LogP contribution in [-0.4, -0.2) is 4.57 Å². The molecule has 3 heteroatoms. The van der Waals surface area contributed by atoms with E-state index in [1.807, 2.05) is 141 Å². The summed E-state index contributed by atoms with van der Waals surface area (Å²) in [5, 5.41) is 8.56. The topological polar surface area (TPSA) is 18.1 Å². The molecule has 0 unspecified atom stereocenters. The van der Waals surface area contributed by atoms with Crippen molar-refractivity contribution in [3.63, 3.8) is 0 Å². The molecule has 5 aromatic carbocycles. The molecule has 0 saturated carbocycles. The molecule has 0 aliphatic rings. The molecule has 0 bridgehead atoms. The van der Waals surface area contributed by atoms with Crippen LogP contribution in [0.3, 0.4) is 0 Å². The summed E-state index contributed by atoms with van der Waals surface area (Å²) in [6.45, 7) is 32.0. The number of benzene rings is 5. The summed E-state index contributed by atoms with van der Waals surface area (Å²) < 4.78 is 8.61. The Morgan fingerprint density at radius 1 is 0.370 bits per heavy atom. The number of furan rings is 1. The van der Waals surface area contributed by atoms with Crippen LogP contribution in [0.5, 0.6) is 0 Å². The van der Waals surface area contributed by atoms with E-state index in [4.69, 9.17) is 4.42 Å². The van der Waals surface area contributed by atoms with E-state index in [2.05, 4.69) is 132 Å². The number of aryl methyl sites for hydroxylation is 1. The second kappa shape index (κ2) is 42.8. The molecule has 0 radical (unpaired) electrons. The summed E-state index contributed by atoms with van der Waals surface area (Å²) in [5.41, 5.74) is 2.25. The molecule has 3 aromatic heterocycles. The van der Waals surface area contributed by atoms with E-state index in [1.54, 1.807) is 17.6 Å². The highest BCUT2D eigenvalue weighted by atomic mass is 32.1. The second-order valence-electron chi connectivity index (χ2n) is 8.75. The van der Waals surface area contributed by atoms with E-state index >= 15 is 0 Å². The van der Waals surface area contributed by atoms with Gasteiger partial charge in [-0.3, -0.25) is 0 Å². The van der Waals surface area contributed by atoms with Gasteiger partial charge in [0, 0.05) is 28.8 Å². The Morgan fingerprint density at radius 3 is 1.20 bits per heavy atom. The quantitative estimate of drug-likeness (QED) is 0.151. The van der Waals surface area contributed by atoms with Crippen LogP contribution in [0.15, 0.2) is 162 Å². The van der Waals surface area contributed by atoms with Gasteiger partial charge in [0.05, 0.1) is 6.26 Å². The van der Waals surface area contributed by atoms with Crippen molar-refractivity contribution in [2.45, 2.75) is 111 Å². The minimum atomic E-state index is 0.956. The van der Waals surface area contributed by atoms with Crippen molar-refractivity contribution >= 4 is 54.1 Å². The fourth-order valence-electron chi connectivity index (χ4n) is 4.17. The largest absolute Gasteiger partial charge is 0.464 e. The van der Waals surface area contributed by atoms with Crippen LogP contribution in [-0.2, 0) is 7.05 Å². The molecule has 0 spiro atoms. The fourth-order valence-corrected chi connectivity index (χ4v) is 4.96. The monoisotopic (exact) mass is 752 g/mol. The van der Waals surface area contributed by atoms with Crippen LogP contribution in [0.1, 0.15) is 111 Å². The van der Waals surface area contributed by atoms with Gasteiger partial charge >= 0.3 is 0 Å². The average molecular weight is 752 g/mol. The van der Waals surface area contributed by atoms with E-state index in [0.717, 1.165) is 11.0 Å². The van der Waals surface area contributed by atoms with Crippen molar-refractivity contribution in [1.82, 2.24) is 4.57 Å². The number of hydrogen-bond acceptors (Lipinski definition) is 2. The molecule has 0 amide bonds. The first-order chi connectivity index (χ1) is 26.8. The van der Waals surface area contributed by atoms with Crippen LogP contribution >= 0.6 is 11.3 Å². The van der Waals surface area contributed by atoms with Crippen LogP contribution in [0.25, 0.3) is 42.7 Å². The smallest absolute Gasteiger partial charge is 0.133 e. The molecular formula is C51H77NOS. The third kappa shape index (κ3) is 22.5. The molecule has 8 aromatic rings. The van der Waals surface area contributed by atoms with Crippen molar-refractivity contribution in [2.75, 3.05) is 0 Å². The Labute approximate surface area is 336 Å². The van der Waals surface area contributed by atoms with Gasteiger partial charge in [0.25, 0.3) is 0 Å². The van der Waals surface area contributed by atoms with Gasteiger partial charge in [0.15, 0.2) is 0 Å². The van der Waals surface area contributed by atoms with Gasteiger partial charge < -0.3 is 8.98 Å². The maximum Gasteiger partial charge on any atom is 0.133 e. The Balaban J connectivity index is -0.000000275. The zero-order valence-corrected chi connectivity index (χ0v) is 38.1. The molecule has 0 fully saturated rings. The van der Waals surface area contributed by atoms with E-state index < -0.39 is 0 Å². The molecule has 3 heterocycles. The molecule has 0 N–H and O–H groups in total. The minimum Gasteiger partial charge on any atom is -0.464 e. The molecule has 0 atom stereocenters. The van der Waals surface area contributed by atoms with Gasteiger partial charge in [-0.2, -0.15) is 0 Å². The standard InChI is InChI=1S/C10H8.C9H9N.C8H6O.C8H6S.8C2H6/c1-2-6-10-8-4-3-7-9(10)5-1;1-10-7-6-8-4-2-3-5-9(8)10;2*1-2-4-8-7(3-1)5-6-9-8;8*1-2/h1-8H;2-7H,1H3;2*1-6H;8*1-2H3. The van der Waals surface area contributed by atoms with Gasteiger partial charge in [-0.25, -0.2) is 0 Å². The molecule has 0 aliphatic heterocycles. The summed E-state index contributed by atoms with van der Waals surface area (Å²) in [6.07, 6.45) is 3.77. The minimum absolute atomic E-state index is 0.956. The van der Waals surface area contributed by atoms with Crippen molar-refractivity contribution < 1.29 is 4.42 Å². The van der Waals surface area contributed by atoms with Crippen LogP contribution in [0.4, 0.5) is 0 Å². The normalized spacial score (nSPS) is 8.09. The number of hydrogen-bond donors (Lipinski definition) is 0. The second-order valence-corrected chi connectivity index (χ2v) is 9.70. The van der Waals surface area contributed by atoms with Gasteiger partial charge in [0.2, 0.25) is 0 Å². The van der Waals surface area contributed by atoms with Crippen LogP contribution < -0.4 is 0 Å². The van der Waals surface area contributed by atoms with Gasteiger partial charge in [0.1, 0.15) is 5.58 Å². The summed E-state index contributed by atoms with van der Waals surface area (Å²) in [4.78, 5) is 0. The highest BCUT2D eigenvalue weighted by molar-refractivity contribution is 7.17. The Hall–Kier alpha value is -4.60. The molecule has 54 heavy (non-hydrogen) atoms. The average Bonchev–Trinajstić information content (AvgIpc) is 4.08. The summed E-state index contributed by atoms with van der Waals surface area (Å²) in [6, 6.07) is 47.6. The van der Waals surface area contributed by atoms with E-state index in [1.165, 1.54) is 31.8 Å². The molecular weight excluding hydrogens is 675 g/mol.